The second-order valence-electron chi connectivity index (χ2n) is 4.50. The minimum Gasteiger partial charge on any atom is -0.324 e. The van der Waals surface area contributed by atoms with Gasteiger partial charge in [0.2, 0.25) is 0 Å². The Bertz CT molecular complexity index is 503. The summed E-state index contributed by atoms with van der Waals surface area (Å²) in [6, 6.07) is 6.00. The maximum absolute atomic E-state index is 6.16. The quantitative estimate of drug-likeness (QED) is 0.759. The molecule has 0 saturated heterocycles. The molecule has 17 heavy (non-hydrogen) atoms. The fourth-order valence-electron chi connectivity index (χ4n) is 2.44. The highest BCUT2D eigenvalue weighted by Crippen LogP contribution is 2.27. The molecular formula is C13H16N4. The molecule has 1 atom stereocenters. The van der Waals surface area contributed by atoms with Crippen molar-refractivity contribution in [3.05, 3.63) is 41.9 Å². The summed E-state index contributed by atoms with van der Waals surface area (Å²) in [5, 5.41) is 4.43. The van der Waals surface area contributed by atoms with Gasteiger partial charge in [0.15, 0.2) is 5.82 Å². The Labute approximate surface area is 100 Å². The molecule has 1 unspecified atom stereocenters. The van der Waals surface area contributed by atoms with Crippen molar-refractivity contribution in [2.24, 2.45) is 5.73 Å². The second-order valence-corrected chi connectivity index (χ2v) is 4.50. The molecule has 4 nitrogen and oxygen atoms in total. The molecule has 3 rings (SSSR count). The lowest BCUT2D eigenvalue weighted by molar-refractivity contribution is 0.611. The lowest BCUT2D eigenvalue weighted by Crippen LogP contribution is -2.10. The summed E-state index contributed by atoms with van der Waals surface area (Å²) in [6.45, 7) is 0. The third-order valence-corrected chi connectivity index (χ3v) is 3.35. The Balaban J connectivity index is 2.08. The van der Waals surface area contributed by atoms with Crippen LogP contribution in [0.2, 0.25) is 0 Å². The van der Waals surface area contributed by atoms with Gasteiger partial charge in [0, 0.05) is 17.8 Å². The summed E-state index contributed by atoms with van der Waals surface area (Å²) in [7, 11) is 0. The Kier molecular flexibility index (Phi) is 2.65. The lowest BCUT2D eigenvalue weighted by Gasteiger charge is -2.08. The number of nitrogens with two attached hydrogens (primary N) is 1. The summed E-state index contributed by atoms with van der Waals surface area (Å²) < 4.78 is 1.93. The molecule has 0 bridgehead atoms. The van der Waals surface area contributed by atoms with E-state index in [0.717, 1.165) is 18.7 Å². The summed E-state index contributed by atoms with van der Waals surface area (Å²) in [5.74, 6) is 0.878. The lowest BCUT2D eigenvalue weighted by atomic mass is 10.1. The normalized spacial score (nSPS) is 19.7. The first-order valence-electron chi connectivity index (χ1n) is 6.10. The van der Waals surface area contributed by atoms with Gasteiger partial charge in [-0.05, 0) is 31.4 Å². The van der Waals surface area contributed by atoms with Crippen molar-refractivity contribution in [2.75, 3.05) is 0 Å². The van der Waals surface area contributed by atoms with E-state index in [0.29, 0.717) is 0 Å². The predicted octanol–water partition coefficient (Wildman–Crippen LogP) is 1.99. The Morgan fingerprint density at radius 1 is 1.29 bits per heavy atom. The van der Waals surface area contributed by atoms with Crippen LogP contribution in [0.4, 0.5) is 0 Å². The van der Waals surface area contributed by atoms with Gasteiger partial charge < -0.3 is 5.73 Å². The van der Waals surface area contributed by atoms with Crippen LogP contribution in [0.5, 0.6) is 0 Å². The number of nitrogens with zero attached hydrogens (tertiary/aromatic N) is 3. The van der Waals surface area contributed by atoms with Gasteiger partial charge in [0.25, 0.3) is 0 Å². The standard InChI is InChI=1S/C13H16N4/c14-11-5-1-2-6-12-10(11)9-16-17(12)13-7-3-4-8-15-13/h3-4,7-9,11H,1-2,5-6,14H2. The number of hydrogen-bond acceptors (Lipinski definition) is 3. The van der Waals surface area contributed by atoms with Gasteiger partial charge in [-0.15, -0.1) is 0 Å². The van der Waals surface area contributed by atoms with Crippen LogP contribution in [0, 0.1) is 0 Å². The smallest absolute Gasteiger partial charge is 0.153 e. The molecule has 0 spiro atoms. The molecule has 2 aromatic heterocycles. The first-order chi connectivity index (χ1) is 8.36. The molecule has 0 saturated carbocycles. The molecule has 0 fully saturated rings. The van der Waals surface area contributed by atoms with Gasteiger partial charge in [-0.2, -0.15) is 5.10 Å². The number of pyridine rings is 1. The van der Waals surface area contributed by atoms with Crippen LogP contribution >= 0.6 is 0 Å². The fourth-order valence-corrected chi connectivity index (χ4v) is 2.44. The van der Waals surface area contributed by atoms with Crippen LogP contribution in [-0.2, 0) is 6.42 Å². The van der Waals surface area contributed by atoms with E-state index >= 15 is 0 Å². The van der Waals surface area contributed by atoms with Crippen LogP contribution < -0.4 is 5.73 Å². The molecule has 1 aliphatic rings. The van der Waals surface area contributed by atoms with Gasteiger partial charge in [0.05, 0.1) is 11.9 Å². The number of fused-ring (bicyclic) bond motifs is 1. The summed E-state index contributed by atoms with van der Waals surface area (Å²) in [5.41, 5.74) is 8.58. The highest BCUT2D eigenvalue weighted by atomic mass is 15.3. The van der Waals surface area contributed by atoms with Crippen molar-refractivity contribution in [1.82, 2.24) is 14.8 Å². The Morgan fingerprint density at radius 3 is 3.06 bits per heavy atom. The van der Waals surface area contributed by atoms with Crippen LogP contribution in [0.1, 0.15) is 36.6 Å². The van der Waals surface area contributed by atoms with E-state index in [2.05, 4.69) is 10.1 Å². The summed E-state index contributed by atoms with van der Waals surface area (Å²) >= 11 is 0. The third-order valence-electron chi connectivity index (χ3n) is 3.35. The SMILES string of the molecule is NC1CCCCc2c1cnn2-c1ccccn1. The number of aromatic nitrogens is 3. The highest BCUT2D eigenvalue weighted by molar-refractivity contribution is 5.31. The van der Waals surface area contributed by atoms with Crippen molar-refractivity contribution in [1.29, 1.82) is 0 Å². The zero-order chi connectivity index (χ0) is 11.7. The van der Waals surface area contributed by atoms with Crippen LogP contribution in [0.3, 0.4) is 0 Å². The predicted molar refractivity (Wildman–Crippen MR) is 65.8 cm³/mol. The van der Waals surface area contributed by atoms with Gasteiger partial charge in [-0.25, -0.2) is 9.67 Å². The van der Waals surface area contributed by atoms with Gasteiger partial charge in [-0.1, -0.05) is 12.5 Å². The zero-order valence-corrected chi connectivity index (χ0v) is 9.71. The molecule has 0 aliphatic heterocycles. The van der Waals surface area contributed by atoms with Crippen molar-refractivity contribution in [3.63, 3.8) is 0 Å². The zero-order valence-electron chi connectivity index (χ0n) is 9.71. The van der Waals surface area contributed by atoms with E-state index in [-0.39, 0.29) is 6.04 Å². The van der Waals surface area contributed by atoms with E-state index in [1.165, 1.54) is 24.1 Å². The number of rotatable bonds is 1. The molecule has 88 valence electrons. The number of hydrogen-bond donors (Lipinski definition) is 1. The van der Waals surface area contributed by atoms with Gasteiger partial charge >= 0.3 is 0 Å². The fraction of sp³-hybridized carbons (Fsp3) is 0.385. The largest absolute Gasteiger partial charge is 0.324 e. The highest BCUT2D eigenvalue weighted by Gasteiger charge is 2.20. The molecule has 2 N–H and O–H groups in total. The van der Waals surface area contributed by atoms with Crippen molar-refractivity contribution in [2.45, 2.75) is 31.7 Å². The molecule has 0 radical (unpaired) electrons. The van der Waals surface area contributed by atoms with Crippen molar-refractivity contribution >= 4 is 0 Å². The molecule has 0 amide bonds. The molecule has 1 aliphatic carbocycles. The Morgan fingerprint density at radius 2 is 2.24 bits per heavy atom. The maximum atomic E-state index is 6.16. The van der Waals surface area contributed by atoms with Gasteiger partial charge in [0.1, 0.15) is 0 Å². The molecule has 2 heterocycles. The van der Waals surface area contributed by atoms with E-state index in [4.69, 9.17) is 5.73 Å². The van der Waals surface area contributed by atoms with Crippen LogP contribution in [0.15, 0.2) is 30.6 Å². The van der Waals surface area contributed by atoms with E-state index in [1.54, 1.807) is 6.20 Å². The first kappa shape index (κ1) is 10.5. The third kappa shape index (κ3) is 1.85. The first-order valence-corrected chi connectivity index (χ1v) is 6.10. The van der Waals surface area contributed by atoms with Crippen LogP contribution in [0.25, 0.3) is 5.82 Å². The average Bonchev–Trinajstić information content (AvgIpc) is 2.71. The van der Waals surface area contributed by atoms with Gasteiger partial charge in [-0.3, -0.25) is 0 Å². The minimum absolute atomic E-state index is 0.130. The maximum Gasteiger partial charge on any atom is 0.153 e. The van der Waals surface area contributed by atoms with E-state index in [1.807, 2.05) is 29.1 Å². The van der Waals surface area contributed by atoms with Crippen molar-refractivity contribution < 1.29 is 0 Å². The molecule has 4 heteroatoms. The van der Waals surface area contributed by atoms with E-state index in [9.17, 15) is 0 Å². The summed E-state index contributed by atoms with van der Waals surface area (Å²) in [6.07, 6.45) is 8.16. The van der Waals surface area contributed by atoms with Crippen molar-refractivity contribution in [3.8, 4) is 5.82 Å². The minimum atomic E-state index is 0.130. The molecule has 2 aromatic rings. The topological polar surface area (TPSA) is 56.7 Å². The monoisotopic (exact) mass is 228 g/mol. The van der Waals surface area contributed by atoms with Crippen LogP contribution in [-0.4, -0.2) is 14.8 Å². The van der Waals surface area contributed by atoms with E-state index < -0.39 is 0 Å². The average molecular weight is 228 g/mol. The Hall–Kier alpha value is -1.68. The summed E-state index contributed by atoms with van der Waals surface area (Å²) in [4.78, 5) is 4.34. The second kappa shape index (κ2) is 4.30. The molecular weight excluding hydrogens is 212 g/mol. The molecule has 0 aromatic carbocycles.